The van der Waals surface area contributed by atoms with Crippen molar-refractivity contribution in [2.45, 2.75) is 13.0 Å². The van der Waals surface area contributed by atoms with E-state index >= 15 is 0 Å². The molecule has 0 saturated heterocycles. The molecule has 0 spiro atoms. The van der Waals surface area contributed by atoms with Gasteiger partial charge in [-0.05, 0) is 40.2 Å². The Bertz CT molecular complexity index is 709. The number of rotatable bonds is 5. The molecule has 108 valence electrons. The maximum atomic E-state index is 5.75. The summed E-state index contributed by atoms with van der Waals surface area (Å²) < 4.78 is 11.8. The molecule has 0 fully saturated rings. The van der Waals surface area contributed by atoms with Crippen molar-refractivity contribution in [3.8, 4) is 11.7 Å². The fraction of sp³-hybridized carbons (Fsp3) is 0.200. The Morgan fingerprint density at radius 2 is 1.90 bits per heavy atom. The van der Waals surface area contributed by atoms with E-state index in [0.717, 1.165) is 12.1 Å². The van der Waals surface area contributed by atoms with E-state index in [9.17, 15) is 0 Å². The van der Waals surface area contributed by atoms with Crippen molar-refractivity contribution in [1.82, 2.24) is 15.5 Å². The maximum Gasteiger partial charge on any atom is 0.283 e. The van der Waals surface area contributed by atoms with E-state index in [1.165, 1.54) is 0 Å². The molecule has 0 radical (unpaired) electrons. The molecule has 1 N–H and O–H groups in total. The van der Waals surface area contributed by atoms with Gasteiger partial charge in [-0.3, -0.25) is 0 Å². The van der Waals surface area contributed by atoms with Crippen LogP contribution in [-0.4, -0.2) is 16.7 Å². The summed E-state index contributed by atoms with van der Waals surface area (Å²) >= 11 is 3.26. The summed E-state index contributed by atoms with van der Waals surface area (Å²) in [6.07, 6.45) is 0. The van der Waals surface area contributed by atoms with Gasteiger partial charge in [0.15, 0.2) is 10.4 Å². The summed E-state index contributed by atoms with van der Waals surface area (Å²) in [6.45, 7) is 2.83. The van der Waals surface area contributed by atoms with Gasteiger partial charge in [0, 0.05) is 0 Å². The van der Waals surface area contributed by atoms with Crippen molar-refractivity contribution >= 4 is 15.9 Å². The van der Waals surface area contributed by atoms with Crippen LogP contribution in [0.2, 0.25) is 0 Å². The normalized spacial score (nSPS) is 12.5. The fourth-order valence-corrected chi connectivity index (χ4v) is 2.38. The second-order valence-electron chi connectivity index (χ2n) is 4.45. The number of hydrogen-bond acceptors (Lipinski definition) is 5. The molecule has 3 aromatic rings. The molecule has 2 heterocycles. The van der Waals surface area contributed by atoms with E-state index in [0.29, 0.717) is 22.2 Å². The van der Waals surface area contributed by atoms with E-state index < -0.39 is 0 Å². The third-order valence-electron chi connectivity index (χ3n) is 3.01. The third-order valence-corrected chi connectivity index (χ3v) is 3.44. The number of nitrogens with one attached hydrogen (secondary N) is 1. The number of nitrogens with zero attached hydrogens (tertiary/aromatic N) is 2. The first kappa shape index (κ1) is 14.0. The topological polar surface area (TPSA) is 64.1 Å². The van der Waals surface area contributed by atoms with E-state index in [-0.39, 0.29) is 6.04 Å². The smallest absolute Gasteiger partial charge is 0.283 e. The highest BCUT2D eigenvalue weighted by atomic mass is 79.9. The van der Waals surface area contributed by atoms with Crippen LogP contribution in [0.3, 0.4) is 0 Å². The second kappa shape index (κ2) is 6.24. The van der Waals surface area contributed by atoms with Crippen LogP contribution in [0.1, 0.15) is 24.4 Å². The lowest BCUT2D eigenvalue weighted by Crippen LogP contribution is -2.22. The van der Waals surface area contributed by atoms with Gasteiger partial charge < -0.3 is 14.2 Å². The zero-order valence-electron chi connectivity index (χ0n) is 11.4. The van der Waals surface area contributed by atoms with Crippen LogP contribution in [0.5, 0.6) is 0 Å². The number of hydrogen-bond donors (Lipinski definition) is 1. The Kier molecular flexibility index (Phi) is 4.17. The lowest BCUT2D eigenvalue weighted by atomic mass is 10.1. The van der Waals surface area contributed by atoms with Crippen molar-refractivity contribution < 1.29 is 8.83 Å². The van der Waals surface area contributed by atoms with Gasteiger partial charge in [0.25, 0.3) is 5.89 Å². The molecular weight excluding hydrogens is 334 g/mol. The van der Waals surface area contributed by atoms with Crippen LogP contribution in [0, 0.1) is 0 Å². The van der Waals surface area contributed by atoms with Crippen molar-refractivity contribution in [2.24, 2.45) is 0 Å². The van der Waals surface area contributed by atoms with Crippen molar-refractivity contribution in [2.75, 3.05) is 6.54 Å². The summed E-state index contributed by atoms with van der Waals surface area (Å²) in [7, 11) is 0. The molecule has 0 aliphatic rings. The number of furan rings is 1. The van der Waals surface area contributed by atoms with E-state index in [1.54, 1.807) is 12.1 Å². The minimum atomic E-state index is -0.129. The molecule has 1 atom stereocenters. The number of aromatic nitrogens is 2. The molecule has 0 aliphatic carbocycles. The van der Waals surface area contributed by atoms with Crippen LogP contribution in [0.15, 0.2) is 56.0 Å². The zero-order chi connectivity index (χ0) is 14.7. The summed E-state index contributed by atoms with van der Waals surface area (Å²) in [6, 6.07) is 13.5. The molecule has 0 bridgehead atoms. The minimum absolute atomic E-state index is 0.129. The highest BCUT2D eigenvalue weighted by Crippen LogP contribution is 2.27. The highest BCUT2D eigenvalue weighted by Gasteiger charge is 2.21. The first-order valence-electron chi connectivity index (χ1n) is 6.65. The average molecular weight is 348 g/mol. The van der Waals surface area contributed by atoms with Crippen molar-refractivity contribution in [3.05, 3.63) is 58.6 Å². The fourth-order valence-electron chi connectivity index (χ4n) is 2.08. The molecule has 0 saturated carbocycles. The summed E-state index contributed by atoms with van der Waals surface area (Å²) in [5.41, 5.74) is 1.08. The molecule has 21 heavy (non-hydrogen) atoms. The van der Waals surface area contributed by atoms with Crippen molar-refractivity contribution in [3.63, 3.8) is 0 Å². The monoisotopic (exact) mass is 347 g/mol. The van der Waals surface area contributed by atoms with Crippen LogP contribution in [0.25, 0.3) is 11.7 Å². The van der Waals surface area contributed by atoms with Gasteiger partial charge in [0.05, 0.1) is 0 Å². The van der Waals surface area contributed by atoms with Gasteiger partial charge in [-0.25, -0.2) is 0 Å². The Morgan fingerprint density at radius 1 is 1.10 bits per heavy atom. The summed E-state index contributed by atoms with van der Waals surface area (Å²) in [5, 5.41) is 11.5. The van der Waals surface area contributed by atoms with E-state index in [4.69, 9.17) is 8.83 Å². The molecule has 3 rings (SSSR count). The van der Waals surface area contributed by atoms with Crippen LogP contribution in [-0.2, 0) is 0 Å². The molecular formula is C15H14BrN3O2. The number of halogens is 1. The molecule has 5 nitrogen and oxygen atoms in total. The standard InChI is InChI=1S/C15H14BrN3O2/c1-2-17-13(10-6-4-3-5-7-10)15-19-18-14(21-15)11-8-9-12(16)20-11/h3-9,13,17H,2H2,1H3. The van der Waals surface area contributed by atoms with Gasteiger partial charge in [-0.1, -0.05) is 37.3 Å². The summed E-state index contributed by atoms with van der Waals surface area (Å²) in [5.74, 6) is 1.43. The number of benzene rings is 1. The lowest BCUT2D eigenvalue weighted by molar-refractivity contribution is 0.432. The Balaban J connectivity index is 1.92. The molecule has 2 aromatic heterocycles. The largest absolute Gasteiger partial charge is 0.444 e. The first-order chi connectivity index (χ1) is 10.3. The SMILES string of the molecule is CCNC(c1ccccc1)c1nnc(-c2ccc(Br)o2)o1. The first-order valence-corrected chi connectivity index (χ1v) is 7.44. The molecule has 0 amide bonds. The van der Waals surface area contributed by atoms with E-state index in [1.807, 2.05) is 37.3 Å². The second-order valence-corrected chi connectivity index (χ2v) is 5.23. The molecule has 0 aliphatic heterocycles. The third kappa shape index (κ3) is 3.06. The quantitative estimate of drug-likeness (QED) is 0.760. The Hall–Kier alpha value is -1.92. The Labute approximate surface area is 130 Å². The van der Waals surface area contributed by atoms with Crippen LogP contribution < -0.4 is 5.32 Å². The molecule has 1 unspecified atom stereocenters. The van der Waals surface area contributed by atoms with Gasteiger partial charge in [-0.2, -0.15) is 0 Å². The van der Waals surface area contributed by atoms with Gasteiger partial charge in [-0.15, -0.1) is 10.2 Å². The van der Waals surface area contributed by atoms with Crippen LogP contribution in [0.4, 0.5) is 0 Å². The maximum absolute atomic E-state index is 5.75. The summed E-state index contributed by atoms with van der Waals surface area (Å²) in [4.78, 5) is 0. The Morgan fingerprint density at radius 3 is 2.57 bits per heavy atom. The predicted molar refractivity (Wildman–Crippen MR) is 81.7 cm³/mol. The van der Waals surface area contributed by atoms with Gasteiger partial charge >= 0.3 is 0 Å². The average Bonchev–Trinajstić information content (AvgIpc) is 3.14. The van der Waals surface area contributed by atoms with Crippen LogP contribution >= 0.6 is 15.9 Å². The van der Waals surface area contributed by atoms with Gasteiger partial charge in [0.2, 0.25) is 5.89 Å². The van der Waals surface area contributed by atoms with Crippen molar-refractivity contribution in [1.29, 1.82) is 0 Å². The predicted octanol–water partition coefficient (Wildman–Crippen LogP) is 3.79. The molecule has 6 heteroatoms. The highest BCUT2D eigenvalue weighted by molar-refractivity contribution is 9.10. The lowest BCUT2D eigenvalue weighted by Gasteiger charge is -2.13. The zero-order valence-corrected chi connectivity index (χ0v) is 13.0. The molecule has 1 aromatic carbocycles. The van der Waals surface area contributed by atoms with E-state index in [2.05, 4.69) is 31.4 Å². The minimum Gasteiger partial charge on any atom is -0.444 e. The van der Waals surface area contributed by atoms with Gasteiger partial charge in [0.1, 0.15) is 6.04 Å².